The highest BCUT2D eigenvalue weighted by Crippen LogP contribution is 2.29. The zero-order valence-corrected chi connectivity index (χ0v) is 13.5. The third kappa shape index (κ3) is 4.55. The molecule has 19 heavy (non-hydrogen) atoms. The van der Waals surface area contributed by atoms with E-state index in [1.54, 1.807) is 6.07 Å². The first kappa shape index (κ1) is 16.6. The maximum absolute atomic E-state index is 13.5. The van der Waals surface area contributed by atoms with Crippen molar-refractivity contribution in [3.63, 3.8) is 0 Å². The van der Waals surface area contributed by atoms with Crippen LogP contribution in [0, 0.1) is 11.2 Å². The van der Waals surface area contributed by atoms with Crippen LogP contribution in [-0.2, 0) is 11.2 Å². The van der Waals surface area contributed by atoms with E-state index in [4.69, 9.17) is 4.74 Å². The molecule has 0 radical (unpaired) electrons. The first-order chi connectivity index (χ1) is 8.77. The van der Waals surface area contributed by atoms with Crippen LogP contribution in [0.3, 0.4) is 0 Å². The Hall–Kier alpha value is -0.450. The molecule has 108 valence electrons. The molecule has 2 nitrogen and oxygen atoms in total. The van der Waals surface area contributed by atoms with E-state index in [0.717, 1.165) is 5.56 Å². The van der Waals surface area contributed by atoms with Crippen LogP contribution < -0.4 is 0 Å². The molecule has 4 heteroatoms. The van der Waals surface area contributed by atoms with Crippen molar-refractivity contribution in [2.75, 3.05) is 6.61 Å². The Kier molecular flexibility index (Phi) is 5.96. The van der Waals surface area contributed by atoms with Gasteiger partial charge in [-0.2, -0.15) is 0 Å². The van der Waals surface area contributed by atoms with Crippen LogP contribution in [0.1, 0.15) is 33.3 Å². The normalized spacial score (nSPS) is 15.3. The SMILES string of the molecule is CCOC(C(O)Cc1cccc(F)c1Br)C(C)(C)C. The second-order valence-electron chi connectivity index (χ2n) is 5.73. The minimum atomic E-state index is -0.668. The lowest BCUT2D eigenvalue weighted by Gasteiger charge is -2.34. The fraction of sp³-hybridized carbons (Fsp3) is 0.600. The zero-order chi connectivity index (χ0) is 14.6. The molecule has 1 rings (SSSR count). The van der Waals surface area contributed by atoms with Gasteiger partial charge in [-0.05, 0) is 39.9 Å². The average molecular weight is 333 g/mol. The van der Waals surface area contributed by atoms with Gasteiger partial charge in [-0.25, -0.2) is 4.39 Å². The summed E-state index contributed by atoms with van der Waals surface area (Å²) in [4.78, 5) is 0. The van der Waals surface area contributed by atoms with E-state index in [-0.39, 0.29) is 17.3 Å². The summed E-state index contributed by atoms with van der Waals surface area (Å²) in [5.41, 5.74) is 0.580. The number of hydrogen-bond acceptors (Lipinski definition) is 2. The van der Waals surface area contributed by atoms with Gasteiger partial charge in [0, 0.05) is 13.0 Å². The Bertz CT molecular complexity index is 415. The van der Waals surface area contributed by atoms with Gasteiger partial charge in [-0.3, -0.25) is 0 Å². The van der Waals surface area contributed by atoms with Crippen molar-refractivity contribution in [2.45, 2.75) is 46.3 Å². The Morgan fingerprint density at radius 3 is 2.53 bits per heavy atom. The van der Waals surface area contributed by atoms with Crippen molar-refractivity contribution in [1.29, 1.82) is 0 Å². The highest BCUT2D eigenvalue weighted by Gasteiger charge is 2.32. The maximum Gasteiger partial charge on any atom is 0.137 e. The van der Waals surface area contributed by atoms with Gasteiger partial charge >= 0.3 is 0 Å². The molecule has 0 saturated heterocycles. The second-order valence-corrected chi connectivity index (χ2v) is 6.52. The predicted molar refractivity (Wildman–Crippen MR) is 78.7 cm³/mol. The van der Waals surface area contributed by atoms with Crippen LogP contribution >= 0.6 is 15.9 Å². The lowest BCUT2D eigenvalue weighted by molar-refractivity contribution is -0.0874. The third-order valence-electron chi connectivity index (χ3n) is 3.01. The van der Waals surface area contributed by atoms with E-state index in [1.807, 2.05) is 33.8 Å². The van der Waals surface area contributed by atoms with Gasteiger partial charge in [0.05, 0.1) is 16.7 Å². The van der Waals surface area contributed by atoms with Gasteiger partial charge in [-0.1, -0.05) is 32.9 Å². The first-order valence-corrected chi connectivity index (χ1v) is 7.29. The molecule has 0 heterocycles. The van der Waals surface area contributed by atoms with Gasteiger partial charge in [0.25, 0.3) is 0 Å². The smallest absolute Gasteiger partial charge is 0.137 e. The molecule has 0 spiro atoms. The molecule has 2 atom stereocenters. The summed E-state index contributed by atoms with van der Waals surface area (Å²) >= 11 is 3.22. The average Bonchev–Trinajstić information content (AvgIpc) is 2.30. The molecule has 1 aromatic rings. The summed E-state index contributed by atoms with van der Waals surface area (Å²) in [5, 5.41) is 10.4. The molecule has 0 aromatic heterocycles. The maximum atomic E-state index is 13.5. The number of aliphatic hydroxyl groups is 1. The number of hydrogen-bond donors (Lipinski definition) is 1. The molecule has 0 aliphatic carbocycles. The van der Waals surface area contributed by atoms with Gasteiger partial charge in [0.15, 0.2) is 0 Å². The van der Waals surface area contributed by atoms with Crippen molar-refractivity contribution in [3.05, 3.63) is 34.1 Å². The lowest BCUT2D eigenvalue weighted by atomic mass is 9.83. The quantitative estimate of drug-likeness (QED) is 0.884. The Labute approximate surface area is 123 Å². The number of rotatable bonds is 5. The second kappa shape index (κ2) is 6.82. The molecular formula is C15H22BrFO2. The minimum Gasteiger partial charge on any atom is -0.390 e. The van der Waals surface area contributed by atoms with Gasteiger partial charge in [-0.15, -0.1) is 0 Å². The molecule has 2 unspecified atom stereocenters. The number of halogens is 2. The van der Waals surface area contributed by atoms with Crippen LogP contribution in [0.25, 0.3) is 0 Å². The van der Waals surface area contributed by atoms with E-state index in [0.29, 0.717) is 17.5 Å². The third-order valence-corrected chi connectivity index (χ3v) is 3.90. The van der Waals surface area contributed by atoms with Crippen molar-refractivity contribution >= 4 is 15.9 Å². The van der Waals surface area contributed by atoms with Crippen LogP contribution in [0.5, 0.6) is 0 Å². The number of ether oxygens (including phenoxy) is 1. The predicted octanol–water partition coefficient (Wildman–Crippen LogP) is 3.94. The highest BCUT2D eigenvalue weighted by atomic mass is 79.9. The minimum absolute atomic E-state index is 0.171. The van der Waals surface area contributed by atoms with E-state index >= 15 is 0 Å². The van der Waals surface area contributed by atoms with Crippen molar-refractivity contribution in [2.24, 2.45) is 5.41 Å². The standard InChI is InChI=1S/C15H22BrFO2/c1-5-19-14(15(2,3)4)12(18)9-10-7-6-8-11(17)13(10)16/h6-8,12,14,18H,5,9H2,1-4H3. The molecule has 0 saturated carbocycles. The Morgan fingerprint density at radius 1 is 1.37 bits per heavy atom. The lowest BCUT2D eigenvalue weighted by Crippen LogP contribution is -2.41. The van der Waals surface area contributed by atoms with E-state index < -0.39 is 6.10 Å². The van der Waals surface area contributed by atoms with Crippen LogP contribution in [0.15, 0.2) is 22.7 Å². The molecule has 0 bridgehead atoms. The van der Waals surface area contributed by atoms with E-state index in [1.165, 1.54) is 6.07 Å². The van der Waals surface area contributed by atoms with Gasteiger partial charge in [0.1, 0.15) is 5.82 Å². The van der Waals surface area contributed by atoms with Gasteiger partial charge < -0.3 is 9.84 Å². The van der Waals surface area contributed by atoms with Crippen LogP contribution in [0.4, 0.5) is 4.39 Å². The van der Waals surface area contributed by atoms with Crippen molar-refractivity contribution in [1.82, 2.24) is 0 Å². The summed E-state index contributed by atoms with van der Waals surface area (Å²) in [6, 6.07) is 4.85. The Morgan fingerprint density at radius 2 is 2.00 bits per heavy atom. The Balaban J connectivity index is 2.87. The molecule has 0 fully saturated rings. The van der Waals surface area contributed by atoms with Crippen molar-refractivity contribution < 1.29 is 14.2 Å². The first-order valence-electron chi connectivity index (χ1n) is 6.50. The fourth-order valence-corrected chi connectivity index (χ4v) is 2.58. The van der Waals surface area contributed by atoms with Crippen LogP contribution in [0.2, 0.25) is 0 Å². The zero-order valence-electron chi connectivity index (χ0n) is 11.9. The molecule has 0 aliphatic heterocycles. The summed E-state index contributed by atoms with van der Waals surface area (Å²) in [5.74, 6) is -0.312. The molecular weight excluding hydrogens is 311 g/mol. The summed E-state index contributed by atoms with van der Waals surface area (Å²) in [6.45, 7) is 8.53. The van der Waals surface area contributed by atoms with E-state index in [9.17, 15) is 9.50 Å². The molecule has 1 aromatic carbocycles. The number of benzene rings is 1. The monoisotopic (exact) mass is 332 g/mol. The molecule has 0 aliphatic rings. The van der Waals surface area contributed by atoms with Gasteiger partial charge in [0.2, 0.25) is 0 Å². The summed E-state index contributed by atoms with van der Waals surface area (Å²) in [7, 11) is 0. The molecule has 1 N–H and O–H groups in total. The van der Waals surface area contributed by atoms with E-state index in [2.05, 4.69) is 15.9 Å². The fourth-order valence-electron chi connectivity index (χ4n) is 2.16. The summed E-state index contributed by atoms with van der Waals surface area (Å²) < 4.78 is 19.5. The largest absolute Gasteiger partial charge is 0.390 e. The van der Waals surface area contributed by atoms with Crippen molar-refractivity contribution in [3.8, 4) is 0 Å². The molecule has 0 amide bonds. The summed E-state index contributed by atoms with van der Waals surface area (Å²) in [6.07, 6.45) is -0.592. The highest BCUT2D eigenvalue weighted by molar-refractivity contribution is 9.10. The number of aliphatic hydroxyl groups excluding tert-OH is 1. The van der Waals surface area contributed by atoms with Crippen LogP contribution in [-0.4, -0.2) is 23.9 Å². The topological polar surface area (TPSA) is 29.5 Å².